The van der Waals surface area contributed by atoms with Crippen LogP contribution < -0.4 is 5.32 Å². The van der Waals surface area contributed by atoms with Gasteiger partial charge in [0.25, 0.3) is 10.2 Å². The van der Waals surface area contributed by atoms with Crippen molar-refractivity contribution >= 4 is 20.0 Å². The highest BCUT2D eigenvalue weighted by Gasteiger charge is 2.37. The Bertz CT molecular complexity index is 519. The van der Waals surface area contributed by atoms with Gasteiger partial charge in [-0.3, -0.25) is 0 Å². The van der Waals surface area contributed by atoms with Crippen molar-refractivity contribution < 1.29 is 16.8 Å². The quantitative estimate of drug-likeness (QED) is 0.611. The Morgan fingerprint density at radius 1 is 1.33 bits per heavy atom. The van der Waals surface area contributed by atoms with Crippen molar-refractivity contribution in [3.05, 3.63) is 0 Å². The monoisotopic (exact) mass is 341 g/mol. The zero-order valence-electron chi connectivity index (χ0n) is 13.1. The first-order valence-corrected chi connectivity index (χ1v) is 10.6. The molecule has 0 amide bonds. The van der Waals surface area contributed by atoms with E-state index in [-0.39, 0.29) is 18.1 Å². The van der Waals surface area contributed by atoms with Crippen molar-refractivity contribution in [2.45, 2.75) is 32.7 Å². The summed E-state index contributed by atoms with van der Waals surface area (Å²) in [5.41, 5.74) is 0. The molecule has 1 unspecified atom stereocenters. The fraction of sp³-hybridized carbons (Fsp3) is 1.00. The summed E-state index contributed by atoms with van der Waals surface area (Å²) >= 11 is 0. The van der Waals surface area contributed by atoms with E-state index in [1.165, 1.54) is 8.61 Å². The summed E-state index contributed by atoms with van der Waals surface area (Å²) in [4.78, 5) is 0. The van der Waals surface area contributed by atoms with Gasteiger partial charge in [0, 0.05) is 26.2 Å². The SMILES string of the molecule is CCCNCCCN(C)S(=O)(=O)N1CCS(=O)(=O)CC1C. The maximum atomic E-state index is 12.5. The molecule has 0 saturated carbocycles. The molecule has 9 heteroatoms. The lowest BCUT2D eigenvalue weighted by atomic mass is 10.4. The van der Waals surface area contributed by atoms with E-state index >= 15 is 0 Å². The Morgan fingerprint density at radius 2 is 2.00 bits per heavy atom. The minimum atomic E-state index is -3.58. The van der Waals surface area contributed by atoms with E-state index in [2.05, 4.69) is 12.2 Å². The van der Waals surface area contributed by atoms with Gasteiger partial charge in [-0.1, -0.05) is 6.92 Å². The molecular weight excluding hydrogens is 314 g/mol. The highest BCUT2D eigenvalue weighted by atomic mass is 32.2. The fourth-order valence-electron chi connectivity index (χ4n) is 2.35. The molecule has 1 rings (SSSR count). The molecule has 0 spiro atoms. The van der Waals surface area contributed by atoms with Gasteiger partial charge in [0.05, 0.1) is 11.5 Å². The Hall–Kier alpha value is -0.220. The third-order valence-electron chi connectivity index (χ3n) is 3.55. The van der Waals surface area contributed by atoms with Gasteiger partial charge in [-0.25, -0.2) is 8.42 Å². The molecule has 0 radical (unpaired) electrons. The molecule has 1 aliphatic heterocycles. The molecule has 1 saturated heterocycles. The van der Waals surface area contributed by atoms with Crippen LogP contribution in [0.1, 0.15) is 26.7 Å². The molecule has 21 heavy (non-hydrogen) atoms. The zero-order chi connectivity index (χ0) is 16.1. The van der Waals surface area contributed by atoms with Gasteiger partial charge in [-0.05, 0) is 32.9 Å². The lowest BCUT2D eigenvalue weighted by Gasteiger charge is -2.34. The van der Waals surface area contributed by atoms with Gasteiger partial charge in [-0.2, -0.15) is 17.0 Å². The van der Waals surface area contributed by atoms with Crippen molar-refractivity contribution in [1.29, 1.82) is 0 Å². The Balaban J connectivity index is 2.55. The topological polar surface area (TPSA) is 86.8 Å². The van der Waals surface area contributed by atoms with E-state index in [0.717, 1.165) is 25.9 Å². The fourth-order valence-corrected chi connectivity index (χ4v) is 5.68. The zero-order valence-corrected chi connectivity index (χ0v) is 14.7. The van der Waals surface area contributed by atoms with E-state index in [9.17, 15) is 16.8 Å². The van der Waals surface area contributed by atoms with E-state index in [4.69, 9.17) is 0 Å². The normalized spacial score (nSPS) is 23.5. The van der Waals surface area contributed by atoms with Crippen molar-refractivity contribution in [2.24, 2.45) is 0 Å². The minimum Gasteiger partial charge on any atom is -0.317 e. The van der Waals surface area contributed by atoms with Crippen LogP contribution in [0.3, 0.4) is 0 Å². The van der Waals surface area contributed by atoms with Crippen LogP contribution in [0.25, 0.3) is 0 Å². The van der Waals surface area contributed by atoms with Crippen molar-refractivity contribution in [2.75, 3.05) is 44.7 Å². The number of sulfone groups is 1. The summed E-state index contributed by atoms with van der Waals surface area (Å²) in [6.07, 6.45) is 1.78. The number of nitrogens with zero attached hydrogens (tertiary/aromatic N) is 2. The van der Waals surface area contributed by atoms with Crippen LogP contribution in [0.5, 0.6) is 0 Å². The summed E-state index contributed by atoms with van der Waals surface area (Å²) in [7, 11) is -5.15. The van der Waals surface area contributed by atoms with Gasteiger partial charge in [0.15, 0.2) is 9.84 Å². The van der Waals surface area contributed by atoms with E-state index in [0.29, 0.717) is 6.54 Å². The average Bonchev–Trinajstić information content (AvgIpc) is 2.36. The number of rotatable bonds is 8. The standard InChI is InChI=1S/C12H27N3O4S2/c1-4-6-13-7-5-8-14(3)21(18,19)15-9-10-20(16,17)11-12(15)2/h12-13H,4-11H2,1-3H3. The predicted molar refractivity (Wildman–Crippen MR) is 84.1 cm³/mol. The molecule has 1 atom stereocenters. The van der Waals surface area contributed by atoms with Gasteiger partial charge in [0.2, 0.25) is 0 Å². The van der Waals surface area contributed by atoms with Crippen molar-refractivity contribution in [3.63, 3.8) is 0 Å². The van der Waals surface area contributed by atoms with Crippen LogP contribution in [0.2, 0.25) is 0 Å². The van der Waals surface area contributed by atoms with Gasteiger partial charge < -0.3 is 5.32 Å². The molecule has 0 aromatic heterocycles. The maximum absolute atomic E-state index is 12.5. The van der Waals surface area contributed by atoms with Gasteiger partial charge >= 0.3 is 0 Å². The van der Waals surface area contributed by atoms with E-state index in [1.54, 1.807) is 14.0 Å². The van der Waals surface area contributed by atoms with Crippen molar-refractivity contribution in [3.8, 4) is 0 Å². The van der Waals surface area contributed by atoms with Gasteiger partial charge in [-0.15, -0.1) is 0 Å². The second-order valence-corrected chi connectivity index (χ2v) is 9.72. The average molecular weight is 341 g/mol. The van der Waals surface area contributed by atoms with Crippen LogP contribution in [-0.4, -0.2) is 76.2 Å². The Kier molecular flexibility index (Phi) is 7.05. The molecule has 1 heterocycles. The molecule has 126 valence electrons. The molecule has 0 aromatic rings. The minimum absolute atomic E-state index is 0.0459. The maximum Gasteiger partial charge on any atom is 0.282 e. The Morgan fingerprint density at radius 3 is 2.57 bits per heavy atom. The van der Waals surface area contributed by atoms with E-state index in [1.807, 2.05) is 0 Å². The number of hydrogen-bond donors (Lipinski definition) is 1. The molecule has 0 bridgehead atoms. The van der Waals surface area contributed by atoms with Crippen LogP contribution in [-0.2, 0) is 20.0 Å². The first-order valence-electron chi connectivity index (χ1n) is 7.35. The summed E-state index contributed by atoms with van der Waals surface area (Å²) in [5.74, 6) is -0.194. The summed E-state index contributed by atoms with van der Waals surface area (Å²) < 4.78 is 50.6. The first-order chi connectivity index (χ1) is 9.70. The third-order valence-corrected chi connectivity index (χ3v) is 7.45. The lowest BCUT2D eigenvalue weighted by Crippen LogP contribution is -2.53. The molecule has 0 aromatic carbocycles. The Labute approximate surface area is 128 Å². The van der Waals surface area contributed by atoms with E-state index < -0.39 is 26.1 Å². The second kappa shape index (κ2) is 7.87. The molecule has 0 aliphatic carbocycles. The third kappa shape index (κ3) is 5.48. The highest BCUT2D eigenvalue weighted by Crippen LogP contribution is 2.18. The second-order valence-electron chi connectivity index (χ2n) is 5.51. The summed E-state index contributed by atoms with van der Waals surface area (Å²) in [6, 6.07) is -0.505. The van der Waals surface area contributed by atoms with Crippen LogP contribution in [0, 0.1) is 0 Å². The summed E-state index contributed by atoms with van der Waals surface area (Å²) in [5, 5.41) is 3.23. The number of hydrogen-bond acceptors (Lipinski definition) is 5. The molecule has 1 N–H and O–H groups in total. The first kappa shape index (κ1) is 18.8. The smallest absolute Gasteiger partial charge is 0.282 e. The highest BCUT2D eigenvalue weighted by molar-refractivity contribution is 7.91. The summed E-state index contributed by atoms with van der Waals surface area (Å²) in [6.45, 7) is 5.90. The van der Waals surface area contributed by atoms with Crippen molar-refractivity contribution in [1.82, 2.24) is 13.9 Å². The van der Waals surface area contributed by atoms with Crippen LogP contribution >= 0.6 is 0 Å². The molecule has 1 aliphatic rings. The number of nitrogens with one attached hydrogen (secondary N) is 1. The lowest BCUT2D eigenvalue weighted by molar-refractivity contribution is 0.319. The van der Waals surface area contributed by atoms with Gasteiger partial charge in [0.1, 0.15) is 0 Å². The largest absolute Gasteiger partial charge is 0.317 e. The molecular formula is C12H27N3O4S2. The molecule has 1 fully saturated rings. The molecule has 7 nitrogen and oxygen atoms in total. The van der Waals surface area contributed by atoms with Crippen LogP contribution in [0.4, 0.5) is 0 Å². The van der Waals surface area contributed by atoms with Crippen LogP contribution in [0.15, 0.2) is 0 Å². The predicted octanol–water partition coefficient (Wildman–Crippen LogP) is -0.328.